The van der Waals surface area contributed by atoms with Crippen LogP contribution in [0.15, 0.2) is 23.6 Å². The minimum Gasteiger partial charge on any atom is -0.496 e. The van der Waals surface area contributed by atoms with Crippen molar-refractivity contribution >= 4 is 22.1 Å². The summed E-state index contributed by atoms with van der Waals surface area (Å²) >= 11 is 1.48. The Balaban J connectivity index is 2.10. The van der Waals surface area contributed by atoms with Gasteiger partial charge in [0.05, 0.1) is 7.11 Å². The smallest absolute Gasteiger partial charge is 0.214 e. The number of benzene rings is 1. The van der Waals surface area contributed by atoms with Crippen molar-refractivity contribution in [1.29, 1.82) is 0 Å². The lowest BCUT2D eigenvalue weighted by Gasteiger charge is -2.04. The molecule has 2 heterocycles. The van der Waals surface area contributed by atoms with Gasteiger partial charge >= 0.3 is 0 Å². The van der Waals surface area contributed by atoms with Gasteiger partial charge in [-0.1, -0.05) is 0 Å². The summed E-state index contributed by atoms with van der Waals surface area (Å²) in [6, 6.07) is 5.87. The third kappa shape index (κ3) is 1.62. The number of aromatic nitrogens is 3. The van der Waals surface area contributed by atoms with Crippen molar-refractivity contribution in [3.63, 3.8) is 0 Å². The molecule has 0 spiro atoms. The Hall–Kier alpha value is -2.08. The van der Waals surface area contributed by atoms with Gasteiger partial charge in [0, 0.05) is 10.9 Å². The van der Waals surface area contributed by atoms with Crippen molar-refractivity contribution in [2.75, 3.05) is 12.8 Å². The van der Waals surface area contributed by atoms with E-state index in [4.69, 9.17) is 10.5 Å². The van der Waals surface area contributed by atoms with Crippen LogP contribution < -0.4 is 10.5 Å². The van der Waals surface area contributed by atoms with Gasteiger partial charge in [-0.3, -0.25) is 0 Å². The third-order valence-corrected chi connectivity index (χ3v) is 3.59. The normalized spacial score (nSPS) is 11.0. The van der Waals surface area contributed by atoms with Crippen LogP contribution >= 0.6 is 11.3 Å². The van der Waals surface area contributed by atoms with Crippen molar-refractivity contribution in [2.24, 2.45) is 0 Å². The van der Waals surface area contributed by atoms with Crippen LogP contribution in [0.2, 0.25) is 0 Å². The number of ether oxygens (including phenoxy) is 1. The molecule has 1 aromatic carbocycles. The average Bonchev–Trinajstić information content (AvgIpc) is 2.92. The van der Waals surface area contributed by atoms with Gasteiger partial charge in [-0.2, -0.15) is 9.50 Å². The van der Waals surface area contributed by atoms with Gasteiger partial charge < -0.3 is 10.5 Å². The number of anilines is 1. The molecule has 0 amide bonds. The quantitative estimate of drug-likeness (QED) is 0.768. The zero-order valence-electron chi connectivity index (χ0n) is 10.0. The third-order valence-electron chi connectivity index (χ3n) is 2.76. The topological polar surface area (TPSA) is 65.4 Å². The fourth-order valence-electron chi connectivity index (χ4n) is 1.85. The minimum absolute atomic E-state index is 0.610. The van der Waals surface area contributed by atoms with Crippen LogP contribution in [0.5, 0.6) is 5.75 Å². The molecule has 0 bridgehead atoms. The minimum atomic E-state index is 0.610. The molecule has 0 fully saturated rings. The van der Waals surface area contributed by atoms with Crippen molar-refractivity contribution in [3.05, 3.63) is 29.1 Å². The Bertz CT molecular complexity index is 716. The Morgan fingerprint density at radius 3 is 2.89 bits per heavy atom. The lowest BCUT2D eigenvalue weighted by atomic mass is 10.1. The van der Waals surface area contributed by atoms with E-state index in [9.17, 15) is 0 Å². The fraction of sp³-hybridized carbons (Fsp3) is 0.167. The van der Waals surface area contributed by atoms with Gasteiger partial charge in [0.2, 0.25) is 4.96 Å². The highest BCUT2D eigenvalue weighted by atomic mass is 32.1. The lowest BCUT2D eigenvalue weighted by Crippen LogP contribution is -1.93. The van der Waals surface area contributed by atoms with E-state index < -0.39 is 0 Å². The molecule has 18 heavy (non-hydrogen) atoms. The number of nitrogens with two attached hydrogens (primary N) is 1. The Kier molecular flexibility index (Phi) is 2.45. The predicted molar refractivity (Wildman–Crippen MR) is 72.0 cm³/mol. The second kappa shape index (κ2) is 3.99. The second-order valence-electron chi connectivity index (χ2n) is 3.97. The van der Waals surface area contributed by atoms with Gasteiger partial charge in [-0.25, -0.2) is 0 Å². The molecule has 0 aliphatic carbocycles. The SMILES string of the molecule is COc1ccc(-c2nc3scc(N)n3n2)cc1C. The second-order valence-corrected chi connectivity index (χ2v) is 4.81. The van der Waals surface area contributed by atoms with E-state index in [1.165, 1.54) is 11.3 Å². The fourth-order valence-corrected chi connectivity index (χ4v) is 2.56. The number of hydrogen-bond acceptors (Lipinski definition) is 5. The highest BCUT2D eigenvalue weighted by Crippen LogP contribution is 2.26. The zero-order chi connectivity index (χ0) is 12.7. The van der Waals surface area contributed by atoms with Gasteiger partial charge in [0.1, 0.15) is 11.6 Å². The monoisotopic (exact) mass is 260 g/mol. The molecule has 0 aliphatic heterocycles. The first kappa shape index (κ1) is 11.0. The Morgan fingerprint density at radius 1 is 1.39 bits per heavy atom. The van der Waals surface area contributed by atoms with Crippen LogP contribution in [0.1, 0.15) is 5.56 Å². The summed E-state index contributed by atoms with van der Waals surface area (Å²) in [6.45, 7) is 2.00. The van der Waals surface area contributed by atoms with E-state index in [-0.39, 0.29) is 0 Å². The van der Waals surface area contributed by atoms with Gasteiger partial charge in [-0.15, -0.1) is 16.4 Å². The maximum Gasteiger partial charge on any atom is 0.214 e. The van der Waals surface area contributed by atoms with Crippen LogP contribution in [0.25, 0.3) is 16.3 Å². The first-order chi connectivity index (χ1) is 8.69. The molecule has 5 nitrogen and oxygen atoms in total. The molecule has 0 aliphatic rings. The molecule has 6 heteroatoms. The number of fused-ring (bicyclic) bond motifs is 1. The van der Waals surface area contributed by atoms with E-state index >= 15 is 0 Å². The molecule has 2 N–H and O–H groups in total. The molecule has 2 aromatic heterocycles. The van der Waals surface area contributed by atoms with E-state index in [1.54, 1.807) is 11.6 Å². The molecule has 3 aromatic rings. The Labute approximate surface area is 108 Å². The molecule has 0 atom stereocenters. The summed E-state index contributed by atoms with van der Waals surface area (Å²) < 4.78 is 6.89. The molecule has 0 unspecified atom stereocenters. The van der Waals surface area contributed by atoms with Gasteiger partial charge in [0.15, 0.2) is 5.82 Å². The molecule has 0 saturated carbocycles. The molecule has 0 radical (unpaired) electrons. The van der Waals surface area contributed by atoms with Crippen molar-refractivity contribution in [3.8, 4) is 17.1 Å². The number of hydrogen-bond donors (Lipinski definition) is 1. The van der Waals surface area contributed by atoms with Crippen LogP contribution in [-0.4, -0.2) is 21.7 Å². The number of methoxy groups -OCH3 is 1. The number of nitrogens with zero attached hydrogens (tertiary/aromatic N) is 3. The summed E-state index contributed by atoms with van der Waals surface area (Å²) in [6.07, 6.45) is 0. The van der Waals surface area contributed by atoms with Gasteiger partial charge in [0.25, 0.3) is 0 Å². The summed E-state index contributed by atoms with van der Waals surface area (Å²) in [5.41, 5.74) is 7.81. The standard InChI is InChI=1S/C12H12N4OS/c1-7-5-8(3-4-9(7)17-2)11-14-12-16(15-11)10(13)6-18-12/h3-6H,13H2,1-2H3. The van der Waals surface area contributed by atoms with Crippen molar-refractivity contribution in [1.82, 2.24) is 14.6 Å². The van der Waals surface area contributed by atoms with Crippen LogP contribution in [0, 0.1) is 6.92 Å². The largest absolute Gasteiger partial charge is 0.496 e. The maximum absolute atomic E-state index is 5.79. The van der Waals surface area contributed by atoms with Crippen molar-refractivity contribution < 1.29 is 4.74 Å². The maximum atomic E-state index is 5.79. The zero-order valence-corrected chi connectivity index (χ0v) is 10.9. The van der Waals surface area contributed by atoms with Gasteiger partial charge in [-0.05, 0) is 30.7 Å². The summed E-state index contributed by atoms with van der Waals surface area (Å²) in [5, 5.41) is 6.22. The summed E-state index contributed by atoms with van der Waals surface area (Å²) in [7, 11) is 1.66. The Morgan fingerprint density at radius 2 is 2.22 bits per heavy atom. The summed E-state index contributed by atoms with van der Waals surface area (Å²) in [5.74, 6) is 2.15. The lowest BCUT2D eigenvalue weighted by molar-refractivity contribution is 0.412. The highest BCUT2D eigenvalue weighted by molar-refractivity contribution is 7.15. The predicted octanol–water partition coefficient (Wildman–Crippen LogP) is 2.36. The van der Waals surface area contributed by atoms with Crippen LogP contribution in [0.3, 0.4) is 0 Å². The van der Waals surface area contributed by atoms with E-state index in [1.807, 2.05) is 30.5 Å². The first-order valence-electron chi connectivity index (χ1n) is 5.44. The van der Waals surface area contributed by atoms with Crippen LogP contribution in [0.4, 0.5) is 5.82 Å². The number of thiazole rings is 1. The average molecular weight is 260 g/mol. The molecular weight excluding hydrogens is 248 g/mol. The van der Waals surface area contributed by atoms with E-state index in [2.05, 4.69) is 10.1 Å². The number of rotatable bonds is 2. The van der Waals surface area contributed by atoms with E-state index in [0.29, 0.717) is 11.6 Å². The molecular formula is C12H12N4OS. The summed E-state index contributed by atoms with van der Waals surface area (Å²) in [4.78, 5) is 5.25. The van der Waals surface area contributed by atoms with E-state index in [0.717, 1.165) is 21.8 Å². The highest BCUT2D eigenvalue weighted by Gasteiger charge is 2.10. The van der Waals surface area contributed by atoms with Crippen LogP contribution in [-0.2, 0) is 0 Å². The molecule has 0 saturated heterocycles. The number of nitrogen functional groups attached to an aromatic ring is 1. The molecule has 92 valence electrons. The first-order valence-corrected chi connectivity index (χ1v) is 6.32. The molecule has 3 rings (SSSR count). The van der Waals surface area contributed by atoms with Crippen molar-refractivity contribution in [2.45, 2.75) is 6.92 Å². The number of aryl methyl sites for hydroxylation is 1.